The molecule has 84 valence electrons. The minimum absolute atomic E-state index is 0.358. The molecule has 0 spiro atoms. The fourth-order valence-corrected chi connectivity index (χ4v) is 1.99. The van der Waals surface area contributed by atoms with Crippen molar-refractivity contribution < 1.29 is 5.11 Å². The maximum atomic E-state index is 9.77. The Balaban J connectivity index is 2.23. The number of hydrogen-bond donors (Lipinski definition) is 2. The van der Waals surface area contributed by atoms with Gasteiger partial charge in [0, 0.05) is 19.6 Å². The molecule has 1 saturated heterocycles. The average Bonchev–Trinajstić information content (AvgIpc) is 2.15. The van der Waals surface area contributed by atoms with Gasteiger partial charge in [-0.1, -0.05) is 6.92 Å². The predicted octanol–water partition coefficient (Wildman–Crippen LogP) is 0.818. The molecule has 0 amide bonds. The minimum atomic E-state index is -0.680. The van der Waals surface area contributed by atoms with Gasteiger partial charge < -0.3 is 15.7 Å². The van der Waals surface area contributed by atoms with Gasteiger partial charge in [-0.05, 0) is 38.6 Å². The summed E-state index contributed by atoms with van der Waals surface area (Å²) in [6, 6.07) is 0. The fraction of sp³-hybridized carbons (Fsp3) is 1.00. The topological polar surface area (TPSA) is 49.5 Å². The Bertz CT molecular complexity index is 171. The maximum absolute atomic E-state index is 9.77. The molecule has 1 rings (SSSR count). The second-order valence-corrected chi connectivity index (χ2v) is 5.00. The Morgan fingerprint density at radius 1 is 1.57 bits per heavy atom. The number of likely N-dealkylation sites (tertiary alicyclic amines) is 1. The summed E-state index contributed by atoms with van der Waals surface area (Å²) in [6.07, 6.45) is 3.44. The molecule has 0 aromatic carbocycles. The number of nitrogens with zero attached hydrogens (tertiary/aromatic N) is 1. The molecular weight excluding hydrogens is 176 g/mol. The second kappa shape index (κ2) is 5.10. The van der Waals surface area contributed by atoms with Crippen LogP contribution in [-0.4, -0.2) is 41.8 Å². The lowest BCUT2D eigenvalue weighted by Crippen LogP contribution is -2.41. The van der Waals surface area contributed by atoms with E-state index in [-0.39, 0.29) is 0 Å². The molecule has 1 aliphatic rings. The summed E-state index contributed by atoms with van der Waals surface area (Å²) in [4.78, 5) is 2.44. The van der Waals surface area contributed by atoms with Crippen LogP contribution in [-0.2, 0) is 0 Å². The molecule has 14 heavy (non-hydrogen) atoms. The number of piperidine rings is 1. The molecule has 3 N–H and O–H groups in total. The van der Waals surface area contributed by atoms with Crippen LogP contribution in [0.4, 0.5) is 0 Å². The minimum Gasteiger partial charge on any atom is -0.389 e. The zero-order chi connectivity index (χ0) is 10.6. The van der Waals surface area contributed by atoms with Gasteiger partial charge in [0.25, 0.3) is 0 Å². The van der Waals surface area contributed by atoms with Crippen molar-refractivity contribution in [2.75, 3.05) is 26.2 Å². The van der Waals surface area contributed by atoms with Gasteiger partial charge in [-0.15, -0.1) is 0 Å². The van der Waals surface area contributed by atoms with E-state index >= 15 is 0 Å². The van der Waals surface area contributed by atoms with Crippen LogP contribution >= 0.6 is 0 Å². The SMILES string of the molecule is CC1CCCN(CCC(C)(O)CN)C1. The lowest BCUT2D eigenvalue weighted by Gasteiger charge is -2.33. The van der Waals surface area contributed by atoms with Crippen molar-refractivity contribution in [3.05, 3.63) is 0 Å². The highest BCUT2D eigenvalue weighted by molar-refractivity contribution is 4.77. The highest BCUT2D eigenvalue weighted by atomic mass is 16.3. The third-order valence-electron chi connectivity index (χ3n) is 3.15. The molecule has 3 nitrogen and oxygen atoms in total. The van der Waals surface area contributed by atoms with E-state index in [1.54, 1.807) is 0 Å². The van der Waals surface area contributed by atoms with E-state index in [9.17, 15) is 5.11 Å². The summed E-state index contributed by atoms with van der Waals surface area (Å²) < 4.78 is 0. The zero-order valence-electron chi connectivity index (χ0n) is 9.50. The standard InChI is InChI=1S/C11H24N2O/c1-10-4-3-6-13(8-10)7-5-11(2,14)9-12/h10,14H,3-9,12H2,1-2H3. The van der Waals surface area contributed by atoms with Crippen molar-refractivity contribution >= 4 is 0 Å². The van der Waals surface area contributed by atoms with Gasteiger partial charge >= 0.3 is 0 Å². The number of aliphatic hydroxyl groups is 1. The monoisotopic (exact) mass is 200 g/mol. The molecule has 0 radical (unpaired) electrons. The van der Waals surface area contributed by atoms with Crippen LogP contribution in [0, 0.1) is 5.92 Å². The molecule has 0 saturated carbocycles. The first-order chi connectivity index (χ1) is 6.53. The lowest BCUT2D eigenvalue weighted by atomic mass is 9.98. The Morgan fingerprint density at radius 2 is 2.29 bits per heavy atom. The third kappa shape index (κ3) is 3.95. The summed E-state index contributed by atoms with van der Waals surface area (Å²) in [7, 11) is 0. The highest BCUT2D eigenvalue weighted by Gasteiger charge is 2.21. The van der Waals surface area contributed by atoms with Crippen molar-refractivity contribution in [3.63, 3.8) is 0 Å². The van der Waals surface area contributed by atoms with Crippen molar-refractivity contribution in [2.24, 2.45) is 11.7 Å². The van der Waals surface area contributed by atoms with Gasteiger partial charge in [0.2, 0.25) is 0 Å². The van der Waals surface area contributed by atoms with E-state index < -0.39 is 5.60 Å². The molecule has 2 unspecified atom stereocenters. The Morgan fingerprint density at radius 3 is 2.86 bits per heavy atom. The molecular formula is C11H24N2O. The molecule has 0 bridgehead atoms. The number of hydrogen-bond acceptors (Lipinski definition) is 3. The molecule has 0 aliphatic carbocycles. The highest BCUT2D eigenvalue weighted by Crippen LogP contribution is 2.17. The van der Waals surface area contributed by atoms with Gasteiger partial charge in [-0.3, -0.25) is 0 Å². The smallest absolute Gasteiger partial charge is 0.0753 e. The Kier molecular flexibility index (Phi) is 4.35. The van der Waals surface area contributed by atoms with Crippen molar-refractivity contribution in [3.8, 4) is 0 Å². The van der Waals surface area contributed by atoms with Crippen LogP contribution in [0.1, 0.15) is 33.1 Å². The molecule has 0 aromatic heterocycles. The molecule has 0 aromatic rings. The largest absolute Gasteiger partial charge is 0.389 e. The van der Waals surface area contributed by atoms with E-state index in [1.807, 2.05) is 6.92 Å². The first kappa shape index (κ1) is 12.0. The number of nitrogens with two attached hydrogens (primary N) is 1. The van der Waals surface area contributed by atoms with Gasteiger partial charge in [0.05, 0.1) is 5.60 Å². The molecule has 3 heteroatoms. The van der Waals surface area contributed by atoms with E-state index in [0.29, 0.717) is 6.54 Å². The van der Waals surface area contributed by atoms with Gasteiger partial charge in [-0.2, -0.15) is 0 Å². The van der Waals surface area contributed by atoms with Crippen LogP contribution in [0.15, 0.2) is 0 Å². The van der Waals surface area contributed by atoms with Gasteiger partial charge in [0.15, 0.2) is 0 Å². The summed E-state index contributed by atoms with van der Waals surface area (Å²) in [5.74, 6) is 0.812. The van der Waals surface area contributed by atoms with E-state index in [4.69, 9.17) is 5.73 Å². The average molecular weight is 200 g/mol. The van der Waals surface area contributed by atoms with Crippen LogP contribution in [0.5, 0.6) is 0 Å². The predicted molar refractivity (Wildman–Crippen MR) is 59.1 cm³/mol. The van der Waals surface area contributed by atoms with Crippen LogP contribution in [0.2, 0.25) is 0 Å². The summed E-state index contributed by atoms with van der Waals surface area (Å²) in [6.45, 7) is 7.82. The van der Waals surface area contributed by atoms with Gasteiger partial charge in [-0.25, -0.2) is 0 Å². The summed E-state index contributed by atoms with van der Waals surface area (Å²) >= 11 is 0. The van der Waals surface area contributed by atoms with E-state index in [0.717, 1.165) is 18.9 Å². The molecule has 1 fully saturated rings. The van der Waals surface area contributed by atoms with Crippen molar-refractivity contribution in [1.29, 1.82) is 0 Å². The zero-order valence-corrected chi connectivity index (χ0v) is 9.50. The number of rotatable bonds is 4. The molecule has 1 heterocycles. The van der Waals surface area contributed by atoms with Crippen LogP contribution in [0.3, 0.4) is 0 Å². The molecule has 2 atom stereocenters. The Hall–Kier alpha value is -0.120. The third-order valence-corrected chi connectivity index (χ3v) is 3.15. The van der Waals surface area contributed by atoms with Gasteiger partial charge in [0.1, 0.15) is 0 Å². The molecule has 1 aliphatic heterocycles. The van der Waals surface area contributed by atoms with Crippen molar-refractivity contribution in [1.82, 2.24) is 4.90 Å². The normalized spacial score (nSPS) is 28.7. The Labute approximate surface area is 87.3 Å². The summed E-state index contributed by atoms with van der Waals surface area (Å²) in [5, 5.41) is 9.77. The van der Waals surface area contributed by atoms with Crippen molar-refractivity contribution in [2.45, 2.75) is 38.7 Å². The quantitative estimate of drug-likeness (QED) is 0.706. The van der Waals surface area contributed by atoms with E-state index in [2.05, 4.69) is 11.8 Å². The first-order valence-corrected chi connectivity index (χ1v) is 5.68. The fourth-order valence-electron chi connectivity index (χ4n) is 1.99. The summed E-state index contributed by atoms with van der Waals surface area (Å²) in [5.41, 5.74) is 4.80. The second-order valence-electron chi connectivity index (χ2n) is 5.00. The van der Waals surface area contributed by atoms with Crippen LogP contribution in [0.25, 0.3) is 0 Å². The van der Waals surface area contributed by atoms with E-state index in [1.165, 1.54) is 25.9 Å². The first-order valence-electron chi connectivity index (χ1n) is 5.68. The lowest BCUT2D eigenvalue weighted by molar-refractivity contribution is 0.0422. The van der Waals surface area contributed by atoms with Crippen LogP contribution < -0.4 is 5.73 Å². The maximum Gasteiger partial charge on any atom is 0.0753 e.